The zero-order chi connectivity index (χ0) is 18.0. The number of anilines is 1. The van der Waals surface area contributed by atoms with Crippen LogP contribution in [0.2, 0.25) is 0 Å². The Morgan fingerprint density at radius 2 is 2.00 bits per heavy atom. The molecule has 3 rings (SSSR count). The first kappa shape index (κ1) is 17.4. The van der Waals surface area contributed by atoms with E-state index in [1.165, 1.54) is 0 Å². The topological polar surface area (TPSA) is 56.7 Å². The first-order chi connectivity index (χ1) is 12.0. The molecule has 0 aliphatic carbocycles. The lowest BCUT2D eigenvalue weighted by Crippen LogP contribution is -2.39. The molecule has 1 N–H and O–H groups in total. The number of rotatable bonds is 5. The average Bonchev–Trinajstić information content (AvgIpc) is 3.07. The van der Waals surface area contributed by atoms with Crippen LogP contribution in [0.3, 0.4) is 0 Å². The van der Waals surface area contributed by atoms with E-state index in [1.54, 1.807) is 6.20 Å². The van der Waals surface area contributed by atoms with E-state index in [-0.39, 0.29) is 6.04 Å². The Balaban J connectivity index is 2.06. The predicted molar refractivity (Wildman–Crippen MR) is 98.9 cm³/mol. The van der Waals surface area contributed by atoms with Crippen molar-refractivity contribution in [1.29, 1.82) is 0 Å². The molecule has 0 radical (unpaired) electrons. The lowest BCUT2D eigenvalue weighted by atomic mass is 9.97. The standard InChI is InChI=1S/C20H25N3O2/c1-14-6-4-12-21-18(14)19(23-13-5-7-17(23)20(24)25)15-8-10-16(11-9-15)22(2)3/h4,6,8-12,17,19H,5,7,13H2,1-3H3,(H,24,25). The average molecular weight is 339 g/mol. The fraction of sp³-hybridized carbons (Fsp3) is 0.400. The van der Waals surface area contributed by atoms with Gasteiger partial charge in [0, 0.05) is 32.5 Å². The number of carboxylic acid groups (broad SMARTS) is 1. The van der Waals surface area contributed by atoms with Gasteiger partial charge in [0.05, 0.1) is 11.7 Å². The third-order valence-corrected chi connectivity index (χ3v) is 4.95. The fourth-order valence-corrected chi connectivity index (χ4v) is 3.61. The van der Waals surface area contributed by atoms with Crippen molar-refractivity contribution >= 4 is 11.7 Å². The molecular weight excluding hydrogens is 314 g/mol. The number of aliphatic carboxylic acids is 1. The minimum absolute atomic E-state index is 0.138. The molecule has 5 heteroatoms. The molecule has 5 nitrogen and oxygen atoms in total. The molecule has 132 valence electrons. The summed E-state index contributed by atoms with van der Waals surface area (Å²) in [5.41, 5.74) is 4.23. The number of benzene rings is 1. The van der Waals surface area contributed by atoms with Crippen LogP contribution in [0, 0.1) is 6.92 Å². The maximum absolute atomic E-state index is 11.7. The highest BCUT2D eigenvalue weighted by Crippen LogP contribution is 2.35. The van der Waals surface area contributed by atoms with Crippen LogP contribution in [0.1, 0.15) is 35.7 Å². The zero-order valence-corrected chi connectivity index (χ0v) is 15.0. The minimum Gasteiger partial charge on any atom is -0.480 e. The molecule has 0 saturated carbocycles. The molecule has 2 aromatic rings. The quantitative estimate of drug-likeness (QED) is 0.907. The SMILES string of the molecule is Cc1cccnc1C(c1ccc(N(C)C)cc1)N1CCCC1C(=O)O. The lowest BCUT2D eigenvalue weighted by molar-refractivity contribution is -0.142. The van der Waals surface area contributed by atoms with E-state index in [4.69, 9.17) is 0 Å². The number of hydrogen-bond donors (Lipinski definition) is 1. The van der Waals surface area contributed by atoms with Gasteiger partial charge in [-0.05, 0) is 49.1 Å². The maximum Gasteiger partial charge on any atom is 0.320 e. The maximum atomic E-state index is 11.7. The van der Waals surface area contributed by atoms with Gasteiger partial charge in [-0.25, -0.2) is 0 Å². The highest BCUT2D eigenvalue weighted by atomic mass is 16.4. The number of aromatic nitrogens is 1. The zero-order valence-electron chi connectivity index (χ0n) is 15.0. The summed E-state index contributed by atoms with van der Waals surface area (Å²) in [6, 6.07) is 11.7. The van der Waals surface area contributed by atoms with Gasteiger partial charge in [-0.3, -0.25) is 14.7 Å². The number of pyridine rings is 1. The van der Waals surface area contributed by atoms with Crippen LogP contribution in [-0.2, 0) is 4.79 Å². The number of aryl methyl sites for hydroxylation is 1. The Morgan fingerprint density at radius 3 is 2.60 bits per heavy atom. The number of likely N-dealkylation sites (tertiary alicyclic amines) is 1. The van der Waals surface area contributed by atoms with Gasteiger partial charge in [0.15, 0.2) is 0 Å². The minimum atomic E-state index is -0.749. The van der Waals surface area contributed by atoms with Crippen molar-refractivity contribution in [2.24, 2.45) is 0 Å². The summed E-state index contributed by atoms with van der Waals surface area (Å²) in [6.07, 6.45) is 3.37. The van der Waals surface area contributed by atoms with E-state index in [0.717, 1.165) is 35.5 Å². The van der Waals surface area contributed by atoms with Gasteiger partial charge >= 0.3 is 5.97 Å². The van der Waals surface area contributed by atoms with Gasteiger partial charge in [-0.15, -0.1) is 0 Å². The third-order valence-electron chi connectivity index (χ3n) is 4.95. The van der Waals surface area contributed by atoms with Crippen LogP contribution >= 0.6 is 0 Å². The van der Waals surface area contributed by atoms with Gasteiger partial charge in [0.2, 0.25) is 0 Å². The van der Waals surface area contributed by atoms with Crippen LogP contribution < -0.4 is 4.90 Å². The Bertz CT molecular complexity index is 743. The van der Waals surface area contributed by atoms with E-state index in [0.29, 0.717) is 6.42 Å². The van der Waals surface area contributed by atoms with Crippen molar-refractivity contribution in [3.05, 3.63) is 59.4 Å². The van der Waals surface area contributed by atoms with E-state index in [2.05, 4.69) is 39.0 Å². The summed E-state index contributed by atoms with van der Waals surface area (Å²) in [5.74, 6) is -0.749. The van der Waals surface area contributed by atoms with Crippen molar-refractivity contribution in [3.8, 4) is 0 Å². The molecule has 0 spiro atoms. The highest BCUT2D eigenvalue weighted by Gasteiger charge is 2.37. The number of carbonyl (C=O) groups is 1. The van der Waals surface area contributed by atoms with Crippen LogP contribution in [0.25, 0.3) is 0 Å². The first-order valence-electron chi connectivity index (χ1n) is 8.66. The third kappa shape index (κ3) is 3.51. The molecule has 2 heterocycles. The first-order valence-corrected chi connectivity index (χ1v) is 8.66. The molecular formula is C20H25N3O2. The van der Waals surface area contributed by atoms with Gasteiger partial charge in [-0.1, -0.05) is 18.2 Å². The largest absolute Gasteiger partial charge is 0.480 e. The summed E-state index contributed by atoms with van der Waals surface area (Å²) >= 11 is 0. The molecule has 0 bridgehead atoms. The van der Waals surface area contributed by atoms with Crippen LogP contribution in [0.4, 0.5) is 5.69 Å². The Morgan fingerprint density at radius 1 is 1.28 bits per heavy atom. The second kappa shape index (κ2) is 7.23. The molecule has 1 fully saturated rings. The van der Waals surface area contributed by atoms with Crippen molar-refractivity contribution in [3.63, 3.8) is 0 Å². The Hall–Kier alpha value is -2.40. The monoisotopic (exact) mass is 339 g/mol. The van der Waals surface area contributed by atoms with E-state index >= 15 is 0 Å². The van der Waals surface area contributed by atoms with E-state index in [9.17, 15) is 9.90 Å². The van der Waals surface area contributed by atoms with Crippen molar-refractivity contribution in [2.75, 3.05) is 25.5 Å². The second-order valence-electron chi connectivity index (χ2n) is 6.83. The Labute approximate surface area is 148 Å². The number of hydrogen-bond acceptors (Lipinski definition) is 4. The number of carboxylic acids is 1. The highest BCUT2D eigenvalue weighted by molar-refractivity contribution is 5.74. The molecule has 1 aliphatic heterocycles. The summed E-state index contributed by atoms with van der Waals surface area (Å²) in [6.45, 7) is 2.81. The molecule has 1 aromatic heterocycles. The van der Waals surface area contributed by atoms with Gasteiger partial charge in [-0.2, -0.15) is 0 Å². The Kier molecular flexibility index (Phi) is 5.04. The van der Waals surface area contributed by atoms with E-state index in [1.807, 2.05) is 33.2 Å². The molecule has 1 aromatic carbocycles. The van der Waals surface area contributed by atoms with Gasteiger partial charge < -0.3 is 10.0 Å². The molecule has 0 amide bonds. The second-order valence-corrected chi connectivity index (χ2v) is 6.83. The van der Waals surface area contributed by atoms with Crippen molar-refractivity contribution in [1.82, 2.24) is 9.88 Å². The van der Waals surface area contributed by atoms with Gasteiger partial charge in [0.1, 0.15) is 6.04 Å². The smallest absolute Gasteiger partial charge is 0.320 e. The van der Waals surface area contributed by atoms with Crippen LogP contribution in [-0.4, -0.2) is 47.6 Å². The molecule has 1 saturated heterocycles. The summed E-state index contributed by atoms with van der Waals surface area (Å²) in [7, 11) is 4.02. The summed E-state index contributed by atoms with van der Waals surface area (Å²) in [4.78, 5) is 20.5. The number of nitrogens with zero attached hydrogens (tertiary/aromatic N) is 3. The van der Waals surface area contributed by atoms with Gasteiger partial charge in [0.25, 0.3) is 0 Å². The summed E-state index contributed by atoms with van der Waals surface area (Å²) < 4.78 is 0. The molecule has 1 aliphatic rings. The fourth-order valence-electron chi connectivity index (χ4n) is 3.61. The van der Waals surface area contributed by atoms with Crippen molar-refractivity contribution < 1.29 is 9.90 Å². The molecule has 2 unspecified atom stereocenters. The van der Waals surface area contributed by atoms with Crippen LogP contribution in [0.15, 0.2) is 42.6 Å². The molecule has 2 atom stereocenters. The molecule has 25 heavy (non-hydrogen) atoms. The normalized spacial score (nSPS) is 18.9. The predicted octanol–water partition coefficient (Wildman–Crippen LogP) is 3.09. The van der Waals surface area contributed by atoms with Crippen molar-refractivity contribution in [2.45, 2.75) is 31.8 Å². The van der Waals surface area contributed by atoms with Crippen LogP contribution in [0.5, 0.6) is 0 Å². The summed E-state index contributed by atoms with van der Waals surface area (Å²) in [5, 5.41) is 9.64. The lowest BCUT2D eigenvalue weighted by Gasteiger charge is -2.32. The van der Waals surface area contributed by atoms with E-state index < -0.39 is 12.0 Å².